The van der Waals surface area contributed by atoms with Crippen LogP contribution in [-0.4, -0.2) is 19.6 Å². The summed E-state index contributed by atoms with van der Waals surface area (Å²) in [5, 5.41) is 3.31. The summed E-state index contributed by atoms with van der Waals surface area (Å²) < 4.78 is 0. The molecule has 0 aliphatic rings. The number of anilines is 1. The maximum absolute atomic E-state index is 3.85. The maximum atomic E-state index is 3.85. The summed E-state index contributed by atoms with van der Waals surface area (Å²) in [7, 11) is 1.99. The van der Waals surface area contributed by atoms with Gasteiger partial charge in [-0.15, -0.1) is 6.58 Å². The van der Waals surface area contributed by atoms with Gasteiger partial charge in [-0.1, -0.05) is 24.3 Å². The number of rotatable bonds is 6. The summed E-state index contributed by atoms with van der Waals surface area (Å²) in [6, 6.07) is 9.40. The van der Waals surface area contributed by atoms with Crippen molar-refractivity contribution in [3.8, 4) is 0 Å². The van der Waals surface area contributed by atoms with Gasteiger partial charge in [-0.05, 0) is 39.4 Å². The van der Waals surface area contributed by atoms with Crippen molar-refractivity contribution in [3.63, 3.8) is 0 Å². The summed E-state index contributed by atoms with van der Waals surface area (Å²) in [4.78, 5) is 2.37. The maximum Gasteiger partial charge on any atom is 0.0419 e. The molecule has 1 atom stereocenters. The van der Waals surface area contributed by atoms with Gasteiger partial charge in [0.15, 0.2) is 0 Å². The highest BCUT2D eigenvalue weighted by atomic mass is 15.2. The number of hydrogen-bond donors (Lipinski definition) is 1. The van der Waals surface area contributed by atoms with Crippen LogP contribution in [0.5, 0.6) is 0 Å². The van der Waals surface area contributed by atoms with Gasteiger partial charge in [0.2, 0.25) is 0 Å². The molecule has 1 aromatic rings. The summed E-state index contributed by atoms with van der Waals surface area (Å²) in [5.41, 5.74) is 2.63. The normalized spacial score (nSPS) is 12.5. The standard InChI is InChI=1S/C15H24N2/c1-6-11-17(12(2)3)15-10-8-7-9-14(15)13(4)16-5/h6-10,12-13,16H,1,11H2,2-5H3. The molecule has 0 saturated carbocycles. The van der Waals surface area contributed by atoms with E-state index in [4.69, 9.17) is 0 Å². The first-order chi connectivity index (χ1) is 8.11. The van der Waals surface area contributed by atoms with Gasteiger partial charge in [-0.25, -0.2) is 0 Å². The highest BCUT2D eigenvalue weighted by Crippen LogP contribution is 2.27. The van der Waals surface area contributed by atoms with E-state index in [0.717, 1.165) is 6.54 Å². The molecule has 0 saturated heterocycles. The van der Waals surface area contributed by atoms with Crippen molar-refractivity contribution in [2.75, 3.05) is 18.5 Å². The van der Waals surface area contributed by atoms with E-state index in [-0.39, 0.29) is 0 Å². The molecule has 17 heavy (non-hydrogen) atoms. The Morgan fingerprint density at radius 1 is 1.29 bits per heavy atom. The van der Waals surface area contributed by atoms with Gasteiger partial charge in [-0.2, -0.15) is 0 Å². The molecule has 94 valence electrons. The summed E-state index contributed by atoms with van der Waals surface area (Å²) in [6.45, 7) is 11.3. The van der Waals surface area contributed by atoms with Crippen LogP contribution in [0.4, 0.5) is 5.69 Å². The zero-order valence-corrected chi connectivity index (χ0v) is 11.4. The Bertz CT molecular complexity index is 358. The SMILES string of the molecule is C=CCN(c1ccccc1C(C)NC)C(C)C. The number of para-hydroxylation sites is 1. The summed E-state index contributed by atoms with van der Waals surface area (Å²) >= 11 is 0. The molecule has 0 fully saturated rings. The summed E-state index contributed by atoms with van der Waals surface area (Å²) in [6.07, 6.45) is 1.96. The second-order valence-corrected chi connectivity index (χ2v) is 4.60. The molecular weight excluding hydrogens is 208 g/mol. The molecule has 1 unspecified atom stereocenters. The molecule has 0 heterocycles. The molecule has 0 radical (unpaired) electrons. The molecular formula is C15H24N2. The average molecular weight is 232 g/mol. The van der Waals surface area contributed by atoms with E-state index in [1.165, 1.54) is 11.3 Å². The van der Waals surface area contributed by atoms with E-state index >= 15 is 0 Å². The first kappa shape index (κ1) is 13.8. The number of benzene rings is 1. The smallest absolute Gasteiger partial charge is 0.0419 e. The van der Waals surface area contributed by atoms with Gasteiger partial charge in [-0.3, -0.25) is 0 Å². The fraction of sp³-hybridized carbons (Fsp3) is 0.467. The lowest BCUT2D eigenvalue weighted by Crippen LogP contribution is -2.32. The third-order valence-electron chi connectivity index (χ3n) is 3.09. The highest BCUT2D eigenvalue weighted by molar-refractivity contribution is 5.56. The molecule has 2 heteroatoms. The Morgan fingerprint density at radius 2 is 1.94 bits per heavy atom. The molecule has 1 aromatic carbocycles. The van der Waals surface area contributed by atoms with Crippen molar-refractivity contribution in [3.05, 3.63) is 42.5 Å². The van der Waals surface area contributed by atoms with Gasteiger partial charge < -0.3 is 10.2 Å². The molecule has 0 amide bonds. The lowest BCUT2D eigenvalue weighted by molar-refractivity contribution is 0.640. The zero-order chi connectivity index (χ0) is 12.8. The largest absolute Gasteiger partial charge is 0.365 e. The van der Waals surface area contributed by atoms with Crippen molar-refractivity contribution in [1.29, 1.82) is 0 Å². The van der Waals surface area contributed by atoms with Crippen molar-refractivity contribution >= 4 is 5.69 Å². The predicted octanol–water partition coefficient (Wildman–Crippen LogP) is 3.37. The van der Waals surface area contributed by atoms with E-state index in [9.17, 15) is 0 Å². The van der Waals surface area contributed by atoms with Gasteiger partial charge in [0.25, 0.3) is 0 Å². The minimum absolute atomic E-state index is 0.359. The van der Waals surface area contributed by atoms with Crippen LogP contribution in [-0.2, 0) is 0 Å². The van der Waals surface area contributed by atoms with Gasteiger partial charge in [0.1, 0.15) is 0 Å². The van der Waals surface area contributed by atoms with Crippen LogP contribution < -0.4 is 10.2 Å². The molecule has 2 nitrogen and oxygen atoms in total. The molecule has 0 aliphatic carbocycles. The Kier molecular flexibility index (Phi) is 5.23. The van der Waals surface area contributed by atoms with E-state index in [2.05, 4.69) is 61.8 Å². The monoisotopic (exact) mass is 232 g/mol. The van der Waals surface area contributed by atoms with Crippen LogP contribution >= 0.6 is 0 Å². The molecule has 1 rings (SSSR count). The predicted molar refractivity (Wildman–Crippen MR) is 76.6 cm³/mol. The van der Waals surface area contributed by atoms with E-state index in [1.807, 2.05) is 13.1 Å². The highest BCUT2D eigenvalue weighted by Gasteiger charge is 2.15. The Labute approximate surface area is 105 Å². The van der Waals surface area contributed by atoms with Crippen molar-refractivity contribution in [2.24, 2.45) is 0 Å². The third-order valence-corrected chi connectivity index (χ3v) is 3.09. The quantitative estimate of drug-likeness (QED) is 0.757. The fourth-order valence-electron chi connectivity index (χ4n) is 2.00. The molecule has 0 spiro atoms. The average Bonchev–Trinajstić information content (AvgIpc) is 2.34. The summed E-state index contributed by atoms with van der Waals surface area (Å²) in [5.74, 6) is 0. The van der Waals surface area contributed by atoms with Crippen LogP contribution in [0.15, 0.2) is 36.9 Å². The van der Waals surface area contributed by atoms with E-state index < -0.39 is 0 Å². The topological polar surface area (TPSA) is 15.3 Å². The lowest BCUT2D eigenvalue weighted by Gasteiger charge is -2.31. The first-order valence-electron chi connectivity index (χ1n) is 6.25. The van der Waals surface area contributed by atoms with Crippen LogP contribution in [0.3, 0.4) is 0 Å². The van der Waals surface area contributed by atoms with Gasteiger partial charge >= 0.3 is 0 Å². The van der Waals surface area contributed by atoms with Crippen molar-refractivity contribution < 1.29 is 0 Å². The molecule has 1 N–H and O–H groups in total. The minimum atomic E-state index is 0.359. The van der Waals surface area contributed by atoms with Crippen LogP contribution in [0.25, 0.3) is 0 Å². The molecule has 0 bridgehead atoms. The van der Waals surface area contributed by atoms with E-state index in [0.29, 0.717) is 12.1 Å². The molecule has 0 aromatic heterocycles. The van der Waals surface area contributed by atoms with Crippen LogP contribution in [0, 0.1) is 0 Å². The van der Waals surface area contributed by atoms with Crippen molar-refractivity contribution in [2.45, 2.75) is 32.9 Å². The van der Waals surface area contributed by atoms with Crippen LogP contribution in [0.1, 0.15) is 32.4 Å². The van der Waals surface area contributed by atoms with Gasteiger partial charge in [0, 0.05) is 24.3 Å². The number of nitrogens with zero attached hydrogens (tertiary/aromatic N) is 1. The van der Waals surface area contributed by atoms with Gasteiger partial charge in [0.05, 0.1) is 0 Å². The van der Waals surface area contributed by atoms with E-state index in [1.54, 1.807) is 0 Å². The third kappa shape index (κ3) is 3.34. The van der Waals surface area contributed by atoms with Crippen LogP contribution in [0.2, 0.25) is 0 Å². The van der Waals surface area contributed by atoms with Crippen molar-refractivity contribution in [1.82, 2.24) is 5.32 Å². The Morgan fingerprint density at radius 3 is 2.47 bits per heavy atom. The Hall–Kier alpha value is -1.28. The zero-order valence-electron chi connectivity index (χ0n) is 11.4. The lowest BCUT2D eigenvalue weighted by atomic mass is 10.0. The minimum Gasteiger partial charge on any atom is -0.365 e. The number of nitrogens with one attached hydrogen (secondary N) is 1. The fourth-order valence-corrected chi connectivity index (χ4v) is 2.00. The second-order valence-electron chi connectivity index (χ2n) is 4.60. The molecule has 0 aliphatic heterocycles. The first-order valence-corrected chi connectivity index (χ1v) is 6.25. The number of hydrogen-bond acceptors (Lipinski definition) is 2. The Balaban J connectivity index is 3.13. The second kappa shape index (κ2) is 6.45.